The number of rotatable bonds is 5. The van der Waals surface area contributed by atoms with Crippen LogP contribution < -0.4 is 0 Å². The Morgan fingerprint density at radius 2 is 2.17 bits per heavy atom. The van der Waals surface area contributed by atoms with Gasteiger partial charge in [-0.15, -0.1) is 0 Å². The first-order valence-electron chi connectivity index (χ1n) is 7.15. The number of epoxide rings is 1. The molecule has 1 aliphatic heterocycles. The summed E-state index contributed by atoms with van der Waals surface area (Å²) in [5.74, 6) is 2.26. The van der Waals surface area contributed by atoms with Crippen LogP contribution in [0.5, 0.6) is 0 Å². The minimum absolute atomic E-state index is 0.336. The van der Waals surface area contributed by atoms with Gasteiger partial charge in [0.1, 0.15) is 12.7 Å². The van der Waals surface area contributed by atoms with Crippen molar-refractivity contribution in [3.05, 3.63) is 24.0 Å². The molecule has 0 amide bonds. The second-order valence-corrected chi connectivity index (χ2v) is 6.24. The van der Waals surface area contributed by atoms with Crippen molar-refractivity contribution in [2.45, 2.75) is 46.6 Å². The van der Waals surface area contributed by atoms with Gasteiger partial charge in [-0.05, 0) is 23.8 Å². The molecule has 0 saturated carbocycles. The fourth-order valence-electron chi connectivity index (χ4n) is 2.73. The van der Waals surface area contributed by atoms with Gasteiger partial charge in [-0.2, -0.15) is 0 Å². The summed E-state index contributed by atoms with van der Waals surface area (Å²) in [6, 6.07) is 0. The van der Waals surface area contributed by atoms with Gasteiger partial charge in [0.05, 0.1) is 12.4 Å². The van der Waals surface area contributed by atoms with Crippen molar-refractivity contribution in [1.29, 1.82) is 0 Å². The summed E-state index contributed by atoms with van der Waals surface area (Å²) in [7, 11) is 0. The Bertz CT molecular complexity index is 337. The lowest BCUT2D eigenvalue weighted by Gasteiger charge is -2.37. The van der Waals surface area contributed by atoms with Crippen LogP contribution in [0, 0.1) is 17.3 Å². The smallest absolute Gasteiger partial charge is 0.116 e. The van der Waals surface area contributed by atoms with Crippen LogP contribution in [0.1, 0.15) is 40.5 Å². The minimum Gasteiger partial charge on any atom is -0.495 e. The molecular weight excluding hydrogens is 224 g/mol. The zero-order valence-corrected chi connectivity index (χ0v) is 12.1. The van der Waals surface area contributed by atoms with E-state index in [9.17, 15) is 0 Å². The van der Waals surface area contributed by atoms with Crippen molar-refractivity contribution in [2.75, 3.05) is 13.2 Å². The first kappa shape index (κ1) is 13.7. The highest BCUT2D eigenvalue weighted by atomic mass is 16.6. The Morgan fingerprint density at radius 3 is 2.78 bits per heavy atom. The van der Waals surface area contributed by atoms with Crippen LogP contribution in [-0.4, -0.2) is 19.3 Å². The maximum atomic E-state index is 5.95. The molecule has 0 radical (unpaired) electrons. The van der Waals surface area contributed by atoms with Gasteiger partial charge in [0.2, 0.25) is 0 Å². The predicted molar refractivity (Wildman–Crippen MR) is 74.3 cm³/mol. The number of hydrogen-bond donors (Lipinski definition) is 0. The quantitative estimate of drug-likeness (QED) is 0.689. The van der Waals surface area contributed by atoms with Crippen molar-refractivity contribution in [3.63, 3.8) is 0 Å². The van der Waals surface area contributed by atoms with Crippen LogP contribution in [0.3, 0.4) is 0 Å². The maximum Gasteiger partial charge on any atom is 0.116 e. The SMILES string of the molecule is CCC(C)(C)[C@@H]1CC=CC=C(OCC2CO2)C1C. The molecule has 0 spiro atoms. The van der Waals surface area contributed by atoms with Crippen molar-refractivity contribution < 1.29 is 9.47 Å². The first-order chi connectivity index (χ1) is 8.54. The van der Waals surface area contributed by atoms with Gasteiger partial charge in [0.15, 0.2) is 0 Å². The average Bonchev–Trinajstić information content (AvgIpc) is 3.15. The second kappa shape index (κ2) is 5.48. The van der Waals surface area contributed by atoms with Gasteiger partial charge in [0, 0.05) is 5.92 Å². The largest absolute Gasteiger partial charge is 0.495 e. The summed E-state index contributed by atoms with van der Waals surface area (Å²) in [6.45, 7) is 10.9. The lowest BCUT2D eigenvalue weighted by Crippen LogP contribution is -2.30. The Labute approximate surface area is 111 Å². The summed E-state index contributed by atoms with van der Waals surface area (Å²) in [4.78, 5) is 0. The minimum atomic E-state index is 0.336. The molecular formula is C16H26O2. The highest BCUT2D eigenvalue weighted by Crippen LogP contribution is 2.42. The lowest BCUT2D eigenvalue weighted by molar-refractivity contribution is 0.0948. The van der Waals surface area contributed by atoms with Crippen LogP contribution in [0.4, 0.5) is 0 Å². The zero-order valence-electron chi connectivity index (χ0n) is 12.1. The molecule has 18 heavy (non-hydrogen) atoms. The second-order valence-electron chi connectivity index (χ2n) is 6.24. The topological polar surface area (TPSA) is 21.8 Å². The Kier molecular flexibility index (Phi) is 4.16. The van der Waals surface area contributed by atoms with Gasteiger partial charge in [-0.1, -0.05) is 46.3 Å². The van der Waals surface area contributed by atoms with Crippen molar-refractivity contribution in [3.8, 4) is 0 Å². The Hall–Kier alpha value is -0.760. The molecule has 1 saturated heterocycles. The molecule has 1 aliphatic carbocycles. The number of hydrogen-bond acceptors (Lipinski definition) is 2. The van der Waals surface area contributed by atoms with E-state index in [1.54, 1.807) is 0 Å². The Morgan fingerprint density at radius 1 is 1.44 bits per heavy atom. The third kappa shape index (κ3) is 3.17. The molecule has 102 valence electrons. The first-order valence-corrected chi connectivity index (χ1v) is 7.15. The Balaban J connectivity index is 2.04. The molecule has 0 aromatic carbocycles. The van der Waals surface area contributed by atoms with E-state index in [1.807, 2.05) is 0 Å². The van der Waals surface area contributed by atoms with Crippen LogP contribution >= 0.6 is 0 Å². The molecule has 2 heteroatoms. The maximum absolute atomic E-state index is 5.95. The molecule has 0 N–H and O–H groups in total. The zero-order chi connectivity index (χ0) is 13.2. The summed E-state index contributed by atoms with van der Waals surface area (Å²) < 4.78 is 11.2. The van der Waals surface area contributed by atoms with Crippen molar-refractivity contribution in [1.82, 2.24) is 0 Å². The van der Waals surface area contributed by atoms with Crippen molar-refractivity contribution >= 4 is 0 Å². The molecule has 2 aliphatic rings. The fourth-order valence-corrected chi connectivity index (χ4v) is 2.73. The third-order valence-electron chi connectivity index (χ3n) is 4.59. The molecule has 1 heterocycles. The predicted octanol–water partition coefficient (Wildman–Crippen LogP) is 3.93. The van der Waals surface area contributed by atoms with Gasteiger partial charge < -0.3 is 9.47 Å². The summed E-state index contributed by atoms with van der Waals surface area (Å²) in [5.41, 5.74) is 0.354. The van der Waals surface area contributed by atoms with E-state index in [-0.39, 0.29) is 0 Å². The fraction of sp³-hybridized carbons (Fsp3) is 0.750. The molecule has 0 bridgehead atoms. The van der Waals surface area contributed by atoms with E-state index >= 15 is 0 Å². The van der Waals surface area contributed by atoms with Crippen LogP contribution in [0.2, 0.25) is 0 Å². The van der Waals surface area contributed by atoms with E-state index < -0.39 is 0 Å². The van der Waals surface area contributed by atoms with Crippen molar-refractivity contribution in [2.24, 2.45) is 17.3 Å². The average molecular weight is 250 g/mol. The third-order valence-corrected chi connectivity index (χ3v) is 4.59. The summed E-state index contributed by atoms with van der Waals surface area (Å²) in [6.07, 6.45) is 9.25. The number of allylic oxidation sites excluding steroid dienone is 4. The van der Waals surface area contributed by atoms with E-state index in [4.69, 9.17) is 9.47 Å². The molecule has 0 aromatic rings. The standard InChI is InChI=1S/C16H26O2/c1-5-16(3,4)14-8-6-7-9-15(12(14)2)18-11-13-10-17-13/h6-7,9,12-14H,5,8,10-11H2,1-4H3/t12?,13?,14-/m1/s1. The van der Waals surface area contributed by atoms with E-state index in [0.29, 0.717) is 30.0 Å². The normalized spacial score (nSPS) is 31.8. The monoisotopic (exact) mass is 250 g/mol. The van der Waals surface area contributed by atoms with Gasteiger partial charge in [-0.3, -0.25) is 0 Å². The van der Waals surface area contributed by atoms with Crippen LogP contribution in [0.15, 0.2) is 24.0 Å². The molecule has 3 atom stereocenters. The van der Waals surface area contributed by atoms with E-state index in [2.05, 4.69) is 45.9 Å². The summed E-state index contributed by atoms with van der Waals surface area (Å²) in [5, 5.41) is 0. The lowest BCUT2D eigenvalue weighted by atomic mass is 9.69. The molecule has 2 nitrogen and oxygen atoms in total. The van der Waals surface area contributed by atoms with E-state index in [0.717, 1.165) is 18.8 Å². The van der Waals surface area contributed by atoms with Gasteiger partial charge in [-0.25, -0.2) is 0 Å². The molecule has 2 rings (SSSR count). The van der Waals surface area contributed by atoms with E-state index in [1.165, 1.54) is 6.42 Å². The number of ether oxygens (including phenoxy) is 2. The van der Waals surface area contributed by atoms with Gasteiger partial charge >= 0.3 is 0 Å². The highest BCUT2D eigenvalue weighted by molar-refractivity contribution is 5.15. The molecule has 1 fully saturated rings. The molecule has 2 unspecified atom stereocenters. The van der Waals surface area contributed by atoms with Crippen LogP contribution in [0.25, 0.3) is 0 Å². The highest BCUT2D eigenvalue weighted by Gasteiger charge is 2.35. The molecule has 0 aromatic heterocycles. The van der Waals surface area contributed by atoms with Gasteiger partial charge in [0.25, 0.3) is 0 Å². The summed E-state index contributed by atoms with van der Waals surface area (Å²) >= 11 is 0. The van der Waals surface area contributed by atoms with Crippen LogP contribution in [-0.2, 0) is 9.47 Å².